The van der Waals surface area contributed by atoms with Crippen LogP contribution in [0, 0.1) is 5.82 Å². The standard InChI is InChI=1S/C23H19FN2O2S/c24-16-9-5-14(6-10-16)13-28-17-11-7-15(8-12-17)21-25-22(27)20-18-3-1-2-4-19(18)29-23(20)26-21/h5-12H,1-4,13H2,(H,25,26,27). The highest BCUT2D eigenvalue weighted by Gasteiger charge is 2.20. The van der Waals surface area contributed by atoms with E-state index in [1.807, 2.05) is 24.3 Å². The number of ether oxygens (including phenoxy) is 1. The van der Waals surface area contributed by atoms with Gasteiger partial charge >= 0.3 is 0 Å². The predicted molar refractivity (Wildman–Crippen MR) is 113 cm³/mol. The van der Waals surface area contributed by atoms with Crippen LogP contribution >= 0.6 is 11.3 Å². The molecule has 0 amide bonds. The predicted octanol–water partition coefficient (Wildman–Crippen LogP) is 5.25. The SMILES string of the molecule is O=c1[nH]c(-c2ccc(OCc3ccc(F)cc3)cc2)nc2sc3c(c12)CCCC3. The minimum atomic E-state index is -0.261. The van der Waals surface area contributed by atoms with Gasteiger partial charge in [0.25, 0.3) is 5.56 Å². The van der Waals surface area contributed by atoms with Crippen molar-refractivity contribution in [3.05, 3.63) is 80.7 Å². The number of H-pyrrole nitrogens is 1. The number of nitrogens with zero attached hydrogens (tertiary/aromatic N) is 1. The molecule has 4 nitrogen and oxygen atoms in total. The van der Waals surface area contributed by atoms with Crippen LogP contribution < -0.4 is 10.3 Å². The van der Waals surface area contributed by atoms with Crippen molar-refractivity contribution in [1.29, 1.82) is 0 Å². The van der Waals surface area contributed by atoms with Crippen LogP contribution in [0.1, 0.15) is 28.8 Å². The van der Waals surface area contributed by atoms with E-state index in [0.29, 0.717) is 18.2 Å². The highest BCUT2D eigenvalue weighted by Crippen LogP contribution is 2.34. The normalized spacial score (nSPS) is 13.4. The van der Waals surface area contributed by atoms with Crippen LogP contribution in [0.25, 0.3) is 21.6 Å². The van der Waals surface area contributed by atoms with Gasteiger partial charge in [-0.15, -0.1) is 11.3 Å². The summed E-state index contributed by atoms with van der Waals surface area (Å²) < 4.78 is 18.7. The number of aromatic amines is 1. The summed E-state index contributed by atoms with van der Waals surface area (Å²) in [5.74, 6) is 1.02. The molecule has 2 aromatic heterocycles. The highest BCUT2D eigenvalue weighted by molar-refractivity contribution is 7.18. The van der Waals surface area contributed by atoms with Gasteiger partial charge in [0, 0.05) is 10.4 Å². The van der Waals surface area contributed by atoms with Crippen LogP contribution in [0.5, 0.6) is 5.75 Å². The summed E-state index contributed by atoms with van der Waals surface area (Å²) in [6.45, 7) is 0.363. The molecular formula is C23H19FN2O2S. The van der Waals surface area contributed by atoms with Crippen molar-refractivity contribution < 1.29 is 9.13 Å². The number of benzene rings is 2. The van der Waals surface area contributed by atoms with Gasteiger partial charge in [-0.2, -0.15) is 0 Å². The molecule has 6 heteroatoms. The summed E-state index contributed by atoms with van der Waals surface area (Å²) >= 11 is 1.65. The first-order valence-electron chi connectivity index (χ1n) is 9.69. The maximum Gasteiger partial charge on any atom is 0.260 e. The topological polar surface area (TPSA) is 55.0 Å². The molecule has 0 saturated carbocycles. The highest BCUT2D eigenvalue weighted by atomic mass is 32.1. The van der Waals surface area contributed by atoms with Crippen LogP contribution in [0.3, 0.4) is 0 Å². The molecule has 0 bridgehead atoms. The summed E-state index contributed by atoms with van der Waals surface area (Å²) in [5.41, 5.74) is 2.88. The third-order valence-corrected chi connectivity index (χ3v) is 6.46. The van der Waals surface area contributed by atoms with Crippen molar-refractivity contribution in [2.45, 2.75) is 32.3 Å². The van der Waals surface area contributed by atoms with Gasteiger partial charge in [-0.25, -0.2) is 9.37 Å². The van der Waals surface area contributed by atoms with Crippen LogP contribution in [0.4, 0.5) is 4.39 Å². The van der Waals surface area contributed by atoms with Crippen LogP contribution in [0.15, 0.2) is 53.3 Å². The third-order valence-electron chi connectivity index (χ3n) is 5.27. The van der Waals surface area contributed by atoms with Crippen molar-refractivity contribution in [3.63, 3.8) is 0 Å². The first-order valence-corrected chi connectivity index (χ1v) is 10.5. The van der Waals surface area contributed by atoms with E-state index in [9.17, 15) is 9.18 Å². The quantitative estimate of drug-likeness (QED) is 0.504. The van der Waals surface area contributed by atoms with Gasteiger partial charge in [-0.3, -0.25) is 4.79 Å². The molecule has 0 unspecified atom stereocenters. The van der Waals surface area contributed by atoms with Gasteiger partial charge in [0.1, 0.15) is 28.8 Å². The molecule has 29 heavy (non-hydrogen) atoms. The lowest BCUT2D eigenvalue weighted by atomic mass is 9.97. The number of thiophene rings is 1. The zero-order valence-electron chi connectivity index (χ0n) is 15.7. The lowest BCUT2D eigenvalue weighted by Crippen LogP contribution is -2.11. The maximum absolute atomic E-state index is 13.0. The van der Waals surface area contributed by atoms with E-state index in [-0.39, 0.29) is 11.4 Å². The molecule has 4 aromatic rings. The second-order valence-corrected chi connectivity index (χ2v) is 8.33. The Hall–Kier alpha value is -2.99. The number of hydrogen-bond acceptors (Lipinski definition) is 4. The van der Waals surface area contributed by atoms with Crippen molar-refractivity contribution in [2.24, 2.45) is 0 Å². The van der Waals surface area contributed by atoms with Crippen molar-refractivity contribution in [3.8, 4) is 17.1 Å². The molecule has 0 saturated heterocycles. The molecule has 1 aliphatic carbocycles. The number of rotatable bonds is 4. The number of fused-ring (bicyclic) bond motifs is 3. The van der Waals surface area contributed by atoms with Crippen LogP contribution in [0.2, 0.25) is 0 Å². The van der Waals surface area contributed by atoms with E-state index in [2.05, 4.69) is 4.98 Å². The van der Waals surface area contributed by atoms with Gasteiger partial charge in [0.05, 0.1) is 5.39 Å². The number of halogens is 1. The molecule has 0 fully saturated rings. The summed E-state index contributed by atoms with van der Waals surface area (Å²) in [5, 5.41) is 0.771. The number of nitrogens with one attached hydrogen (secondary N) is 1. The van der Waals surface area contributed by atoms with Crippen molar-refractivity contribution in [1.82, 2.24) is 9.97 Å². The van der Waals surface area contributed by atoms with E-state index in [1.165, 1.54) is 29.0 Å². The second-order valence-electron chi connectivity index (χ2n) is 7.25. The first-order chi connectivity index (χ1) is 14.2. The van der Waals surface area contributed by atoms with Crippen LogP contribution in [-0.4, -0.2) is 9.97 Å². The summed E-state index contributed by atoms with van der Waals surface area (Å²) in [7, 11) is 0. The Balaban J connectivity index is 1.38. The number of hydrogen-bond donors (Lipinski definition) is 1. The average molecular weight is 406 g/mol. The van der Waals surface area contributed by atoms with Gasteiger partial charge < -0.3 is 9.72 Å². The summed E-state index contributed by atoms with van der Waals surface area (Å²) in [6, 6.07) is 13.7. The zero-order valence-corrected chi connectivity index (χ0v) is 16.5. The first kappa shape index (κ1) is 18.1. The Labute approximate surface area is 171 Å². The van der Waals surface area contributed by atoms with Gasteiger partial charge in [0.2, 0.25) is 0 Å². The molecule has 5 rings (SSSR count). The van der Waals surface area contributed by atoms with E-state index in [1.54, 1.807) is 23.5 Å². The Bertz CT molecular complexity index is 1230. The Morgan fingerprint density at radius 3 is 2.59 bits per heavy atom. The minimum Gasteiger partial charge on any atom is -0.489 e. The molecular weight excluding hydrogens is 387 g/mol. The lowest BCUT2D eigenvalue weighted by molar-refractivity contribution is 0.306. The van der Waals surface area contributed by atoms with E-state index in [4.69, 9.17) is 9.72 Å². The minimum absolute atomic E-state index is 0.0546. The molecule has 0 radical (unpaired) electrons. The molecule has 2 aromatic carbocycles. The Morgan fingerprint density at radius 1 is 1.03 bits per heavy atom. The van der Waals surface area contributed by atoms with Crippen LogP contribution in [-0.2, 0) is 19.4 Å². The molecule has 0 atom stereocenters. The maximum atomic E-state index is 13.0. The molecule has 1 N–H and O–H groups in total. The van der Waals surface area contributed by atoms with Crippen molar-refractivity contribution in [2.75, 3.05) is 0 Å². The molecule has 2 heterocycles. The summed E-state index contributed by atoms with van der Waals surface area (Å²) in [6.07, 6.45) is 4.34. The zero-order chi connectivity index (χ0) is 19.8. The second kappa shape index (κ2) is 7.44. The fraction of sp³-hybridized carbons (Fsp3) is 0.217. The smallest absolute Gasteiger partial charge is 0.260 e. The van der Waals surface area contributed by atoms with E-state index < -0.39 is 0 Å². The molecule has 0 aliphatic heterocycles. The monoisotopic (exact) mass is 406 g/mol. The van der Waals surface area contributed by atoms with E-state index in [0.717, 1.165) is 40.6 Å². The third kappa shape index (κ3) is 3.56. The van der Waals surface area contributed by atoms with Gasteiger partial charge in [-0.05, 0) is 73.2 Å². The fourth-order valence-corrected chi connectivity index (χ4v) is 5.02. The molecule has 146 valence electrons. The van der Waals surface area contributed by atoms with Gasteiger partial charge in [0.15, 0.2) is 0 Å². The fourth-order valence-electron chi connectivity index (χ4n) is 3.76. The average Bonchev–Trinajstić information content (AvgIpc) is 3.13. The van der Waals surface area contributed by atoms with E-state index >= 15 is 0 Å². The molecule has 1 aliphatic rings. The number of aryl methyl sites for hydroxylation is 2. The van der Waals surface area contributed by atoms with Crippen molar-refractivity contribution >= 4 is 21.6 Å². The lowest BCUT2D eigenvalue weighted by Gasteiger charge is -2.09. The molecule has 0 spiro atoms. The van der Waals surface area contributed by atoms with Gasteiger partial charge in [-0.1, -0.05) is 12.1 Å². The Morgan fingerprint density at radius 2 is 1.79 bits per heavy atom. The number of aromatic nitrogens is 2. The summed E-state index contributed by atoms with van der Waals surface area (Å²) in [4.78, 5) is 22.5. The largest absolute Gasteiger partial charge is 0.489 e. The Kier molecular flexibility index (Phi) is 4.64.